The van der Waals surface area contributed by atoms with Gasteiger partial charge in [0.2, 0.25) is 0 Å². The lowest BCUT2D eigenvalue weighted by atomic mass is 10.1. The molecule has 7 heteroatoms. The summed E-state index contributed by atoms with van der Waals surface area (Å²) in [5.41, 5.74) is 1.84. The number of hydrogen-bond acceptors (Lipinski definition) is 4. The van der Waals surface area contributed by atoms with Gasteiger partial charge in [-0.1, -0.05) is 6.92 Å². The zero-order valence-corrected chi connectivity index (χ0v) is 11.6. The largest absolute Gasteiger partial charge is 0.494 e. The average molecular weight is 275 g/mol. The van der Waals surface area contributed by atoms with Gasteiger partial charge in [-0.3, -0.25) is 4.57 Å². The van der Waals surface area contributed by atoms with Gasteiger partial charge in [0.1, 0.15) is 5.82 Å². The van der Waals surface area contributed by atoms with E-state index in [0.29, 0.717) is 6.54 Å². The maximum atomic E-state index is 9.69. The summed E-state index contributed by atoms with van der Waals surface area (Å²) in [4.78, 5) is 0. The molecule has 3 rings (SSSR count). The highest BCUT2D eigenvalue weighted by atomic mass is 16.3. The second kappa shape index (κ2) is 4.29. The van der Waals surface area contributed by atoms with Crippen LogP contribution >= 0.6 is 0 Å². The molecule has 0 fully saturated rings. The summed E-state index contributed by atoms with van der Waals surface area (Å²) in [6.07, 6.45) is 0. The van der Waals surface area contributed by atoms with Crippen LogP contribution in [0.25, 0.3) is 5.65 Å². The van der Waals surface area contributed by atoms with Crippen molar-refractivity contribution in [3.8, 4) is 11.8 Å². The first-order valence-corrected chi connectivity index (χ1v) is 6.44. The summed E-state index contributed by atoms with van der Waals surface area (Å²) in [6.45, 7) is 4.36. The lowest BCUT2D eigenvalue weighted by molar-refractivity contribution is 0.355. The van der Waals surface area contributed by atoms with Gasteiger partial charge in [0.25, 0.3) is 0 Å². The minimum absolute atomic E-state index is 0.0196. The van der Waals surface area contributed by atoms with Crippen molar-refractivity contribution >= 4 is 5.65 Å². The van der Waals surface area contributed by atoms with Gasteiger partial charge in [-0.05, 0) is 6.92 Å². The number of aryl methyl sites for hydroxylation is 2. The monoisotopic (exact) mass is 275 g/mol. The lowest BCUT2D eigenvalue weighted by Gasteiger charge is -2.13. The van der Waals surface area contributed by atoms with Gasteiger partial charge in [-0.15, -0.1) is 9.73 Å². The number of rotatable bonds is 3. The van der Waals surface area contributed by atoms with E-state index in [4.69, 9.17) is 0 Å². The van der Waals surface area contributed by atoms with Crippen molar-refractivity contribution < 1.29 is 10.2 Å². The Morgan fingerprint density at radius 2 is 1.85 bits per heavy atom. The molecule has 1 unspecified atom stereocenters. The smallest absolute Gasteiger partial charge is 0.193 e. The van der Waals surface area contributed by atoms with Gasteiger partial charge in [-0.2, -0.15) is 5.10 Å². The van der Waals surface area contributed by atoms with E-state index in [9.17, 15) is 10.2 Å². The Kier molecular flexibility index (Phi) is 2.70. The molecule has 1 atom stereocenters. The van der Waals surface area contributed by atoms with Crippen molar-refractivity contribution in [2.24, 2.45) is 7.05 Å². The van der Waals surface area contributed by atoms with Crippen LogP contribution in [-0.4, -0.2) is 34.2 Å². The predicted octanol–water partition coefficient (Wildman–Crippen LogP) is 1.39. The van der Waals surface area contributed by atoms with E-state index in [1.807, 2.05) is 31.5 Å². The topological polar surface area (TPSA) is 80.5 Å². The number of fused-ring (bicyclic) bond motifs is 1. The van der Waals surface area contributed by atoms with Crippen LogP contribution in [0.1, 0.15) is 24.4 Å². The second-order valence-corrected chi connectivity index (χ2v) is 5.11. The molecule has 0 aliphatic rings. The first-order chi connectivity index (χ1) is 9.47. The fraction of sp³-hybridized carbons (Fsp3) is 0.385. The normalized spacial score (nSPS) is 13.2. The highest BCUT2D eigenvalue weighted by Gasteiger charge is 2.18. The van der Waals surface area contributed by atoms with E-state index in [1.54, 1.807) is 4.63 Å². The third kappa shape index (κ3) is 1.82. The number of aromatic hydroxyl groups is 2. The van der Waals surface area contributed by atoms with E-state index in [0.717, 1.165) is 17.2 Å². The summed E-state index contributed by atoms with van der Waals surface area (Å²) in [6, 6.07) is 4.90. The van der Waals surface area contributed by atoms with Crippen molar-refractivity contribution in [2.75, 3.05) is 0 Å². The lowest BCUT2D eigenvalue weighted by Crippen LogP contribution is -2.10. The van der Waals surface area contributed by atoms with Gasteiger partial charge < -0.3 is 14.8 Å². The third-order valence-corrected chi connectivity index (χ3v) is 3.51. The van der Waals surface area contributed by atoms with Gasteiger partial charge in [-0.25, -0.2) is 0 Å². The van der Waals surface area contributed by atoms with Crippen LogP contribution in [0.15, 0.2) is 18.2 Å². The molecule has 3 aromatic rings. The molecule has 0 spiro atoms. The molecule has 3 aromatic heterocycles. The van der Waals surface area contributed by atoms with E-state index < -0.39 is 0 Å². The molecule has 0 saturated carbocycles. The van der Waals surface area contributed by atoms with Crippen LogP contribution in [0.4, 0.5) is 0 Å². The van der Waals surface area contributed by atoms with Gasteiger partial charge in [0.15, 0.2) is 17.4 Å². The van der Waals surface area contributed by atoms with E-state index in [-0.39, 0.29) is 17.7 Å². The van der Waals surface area contributed by atoms with Crippen LogP contribution in [0.2, 0.25) is 0 Å². The number of aromatic nitrogens is 5. The molecule has 0 aliphatic heterocycles. The molecule has 0 saturated heterocycles. The summed E-state index contributed by atoms with van der Waals surface area (Å²) >= 11 is 0. The van der Waals surface area contributed by atoms with Crippen molar-refractivity contribution in [2.45, 2.75) is 26.3 Å². The first-order valence-electron chi connectivity index (χ1n) is 6.44. The van der Waals surface area contributed by atoms with Crippen molar-refractivity contribution in [1.29, 1.82) is 0 Å². The average Bonchev–Trinajstić information content (AvgIpc) is 3.00. The van der Waals surface area contributed by atoms with Crippen LogP contribution in [0.5, 0.6) is 11.8 Å². The molecule has 7 nitrogen and oxygen atoms in total. The third-order valence-electron chi connectivity index (χ3n) is 3.51. The van der Waals surface area contributed by atoms with Crippen molar-refractivity contribution in [1.82, 2.24) is 24.0 Å². The van der Waals surface area contributed by atoms with Crippen LogP contribution in [0, 0.1) is 6.92 Å². The zero-order chi connectivity index (χ0) is 14.4. The van der Waals surface area contributed by atoms with Crippen LogP contribution in [-0.2, 0) is 13.6 Å². The fourth-order valence-electron chi connectivity index (χ4n) is 2.48. The Morgan fingerprint density at radius 3 is 2.45 bits per heavy atom. The van der Waals surface area contributed by atoms with Crippen LogP contribution in [0.3, 0.4) is 0 Å². The van der Waals surface area contributed by atoms with Crippen molar-refractivity contribution in [3.05, 3.63) is 29.7 Å². The Morgan fingerprint density at radius 1 is 1.20 bits per heavy atom. The van der Waals surface area contributed by atoms with E-state index in [2.05, 4.69) is 10.2 Å². The molecule has 0 radical (unpaired) electrons. The van der Waals surface area contributed by atoms with Crippen LogP contribution < -0.4 is 0 Å². The molecule has 3 heterocycles. The molecular formula is C13H17N5O2. The van der Waals surface area contributed by atoms with Gasteiger partial charge in [0.05, 0.1) is 5.69 Å². The predicted molar refractivity (Wildman–Crippen MR) is 72.9 cm³/mol. The maximum absolute atomic E-state index is 9.69. The Hall–Kier alpha value is -2.44. The van der Waals surface area contributed by atoms with E-state index >= 15 is 0 Å². The molecular weight excluding hydrogens is 258 g/mol. The fourth-order valence-corrected chi connectivity index (χ4v) is 2.48. The summed E-state index contributed by atoms with van der Waals surface area (Å²) in [5.74, 6) is 0.958. The Labute approximate surface area is 115 Å². The molecule has 2 N–H and O–H groups in total. The van der Waals surface area contributed by atoms with Crippen molar-refractivity contribution in [3.63, 3.8) is 0 Å². The Balaban J connectivity index is 1.94. The molecule has 0 aliphatic carbocycles. The van der Waals surface area contributed by atoms with E-state index in [1.165, 1.54) is 16.7 Å². The molecule has 106 valence electrons. The quantitative estimate of drug-likeness (QED) is 0.757. The molecule has 0 amide bonds. The highest BCUT2D eigenvalue weighted by molar-refractivity contribution is 5.40. The molecule has 0 bridgehead atoms. The Bertz CT molecular complexity index is 748. The summed E-state index contributed by atoms with van der Waals surface area (Å²) < 4.78 is 5.03. The minimum atomic E-state index is 0.0196. The molecule has 0 aromatic carbocycles. The SMILES string of the molecule is Cc1cc2n(C)c(C(C)Cn3c(O)ccc3O)nn2n1. The summed E-state index contributed by atoms with van der Waals surface area (Å²) in [7, 11) is 1.94. The minimum Gasteiger partial charge on any atom is -0.494 e. The molecule has 20 heavy (non-hydrogen) atoms. The number of nitrogens with zero attached hydrogens (tertiary/aromatic N) is 5. The zero-order valence-electron chi connectivity index (χ0n) is 11.6. The highest BCUT2D eigenvalue weighted by Crippen LogP contribution is 2.26. The van der Waals surface area contributed by atoms with Gasteiger partial charge >= 0.3 is 0 Å². The number of hydrogen-bond donors (Lipinski definition) is 2. The standard InChI is InChI=1S/C13H17N5O2/c1-8(7-17-11(19)4-5-12(17)20)13-15-18-10(16(13)3)6-9(2)14-18/h4-6,8,19-20H,7H2,1-3H3. The summed E-state index contributed by atoms with van der Waals surface area (Å²) in [5, 5.41) is 28.1. The van der Waals surface area contributed by atoms with Gasteiger partial charge in [0, 0.05) is 37.7 Å². The maximum Gasteiger partial charge on any atom is 0.193 e. The second-order valence-electron chi connectivity index (χ2n) is 5.11. The first kappa shape index (κ1) is 12.6.